The molecular weight excluding hydrogens is 292 g/mol. The van der Waals surface area contributed by atoms with Crippen LogP contribution in [0.3, 0.4) is 0 Å². The summed E-state index contributed by atoms with van der Waals surface area (Å²) >= 11 is 5.48. The molecule has 1 aromatic rings. The predicted molar refractivity (Wildman–Crippen MR) is 80.7 cm³/mol. The topological polar surface area (TPSA) is 49.9 Å². The minimum absolute atomic E-state index is 0.0156. The molecule has 0 aromatic heterocycles. The van der Waals surface area contributed by atoms with Crippen LogP contribution in [0.2, 0.25) is 0 Å². The average molecular weight is 311 g/mol. The van der Waals surface area contributed by atoms with Crippen molar-refractivity contribution in [3.8, 4) is 0 Å². The van der Waals surface area contributed by atoms with E-state index in [2.05, 4.69) is 0 Å². The summed E-state index contributed by atoms with van der Waals surface area (Å²) < 4.78 is 4.98. The van der Waals surface area contributed by atoms with Gasteiger partial charge in [0.1, 0.15) is 6.61 Å². The van der Waals surface area contributed by atoms with Crippen molar-refractivity contribution in [3.05, 3.63) is 35.4 Å². The van der Waals surface area contributed by atoms with Crippen LogP contribution in [0.5, 0.6) is 0 Å². The molecule has 1 fully saturated rings. The fourth-order valence-corrected chi connectivity index (χ4v) is 2.37. The van der Waals surface area contributed by atoms with Crippen LogP contribution in [0.1, 0.15) is 15.9 Å². The van der Waals surface area contributed by atoms with Gasteiger partial charge in [-0.25, -0.2) is 4.79 Å². The molecule has 0 aliphatic carbocycles. The standard InChI is InChI=1S/C15H19ClN2O3/c1-12-4-2-3-5-13(12)14(19)17-7-9-18(10-8-17)15(20)21-11-6-16/h2-5H,6-11H2,1H3. The number of halogens is 1. The molecule has 0 atom stereocenters. The molecule has 0 N–H and O–H groups in total. The molecule has 5 nitrogen and oxygen atoms in total. The van der Waals surface area contributed by atoms with Gasteiger partial charge in [0.25, 0.3) is 5.91 Å². The second kappa shape index (κ2) is 7.31. The van der Waals surface area contributed by atoms with Gasteiger partial charge in [-0.05, 0) is 18.6 Å². The molecule has 1 aromatic carbocycles. The van der Waals surface area contributed by atoms with Gasteiger partial charge in [0, 0.05) is 31.7 Å². The highest BCUT2D eigenvalue weighted by molar-refractivity contribution is 6.18. The van der Waals surface area contributed by atoms with E-state index in [4.69, 9.17) is 16.3 Å². The maximum Gasteiger partial charge on any atom is 0.409 e. The number of benzene rings is 1. The normalized spacial score (nSPS) is 15.0. The molecular formula is C15H19ClN2O3. The molecule has 0 unspecified atom stereocenters. The minimum atomic E-state index is -0.362. The highest BCUT2D eigenvalue weighted by Crippen LogP contribution is 2.13. The third kappa shape index (κ3) is 3.88. The molecule has 6 heteroatoms. The van der Waals surface area contributed by atoms with Crippen LogP contribution in [0.25, 0.3) is 0 Å². The maximum absolute atomic E-state index is 12.4. The number of nitrogens with zero attached hydrogens (tertiary/aromatic N) is 2. The second-order valence-electron chi connectivity index (χ2n) is 4.90. The summed E-state index contributed by atoms with van der Waals surface area (Å²) in [6.45, 7) is 4.14. The van der Waals surface area contributed by atoms with Crippen LogP contribution in [0.4, 0.5) is 4.79 Å². The fraction of sp³-hybridized carbons (Fsp3) is 0.467. The molecule has 0 bridgehead atoms. The van der Waals surface area contributed by atoms with Gasteiger partial charge in [0.15, 0.2) is 0 Å². The van der Waals surface area contributed by atoms with E-state index in [1.54, 1.807) is 9.80 Å². The number of aryl methyl sites for hydroxylation is 1. The number of rotatable bonds is 3. The Morgan fingerprint density at radius 1 is 1.14 bits per heavy atom. The Labute approximate surface area is 129 Å². The third-order valence-corrected chi connectivity index (χ3v) is 3.66. The van der Waals surface area contributed by atoms with E-state index in [0.29, 0.717) is 26.2 Å². The predicted octanol–water partition coefficient (Wildman–Crippen LogP) is 2.13. The zero-order valence-corrected chi connectivity index (χ0v) is 12.8. The van der Waals surface area contributed by atoms with E-state index >= 15 is 0 Å². The molecule has 114 valence electrons. The van der Waals surface area contributed by atoms with Crippen molar-refractivity contribution in [2.75, 3.05) is 38.7 Å². The van der Waals surface area contributed by atoms with Gasteiger partial charge in [-0.2, -0.15) is 0 Å². The number of hydrogen-bond acceptors (Lipinski definition) is 3. The molecule has 2 rings (SSSR count). The van der Waals surface area contributed by atoms with Gasteiger partial charge in [0.05, 0.1) is 5.88 Å². The first-order valence-corrected chi connectivity index (χ1v) is 7.49. The fourth-order valence-electron chi connectivity index (χ4n) is 2.29. The summed E-state index contributed by atoms with van der Waals surface area (Å²) in [5.74, 6) is 0.305. The van der Waals surface area contributed by atoms with E-state index in [-0.39, 0.29) is 24.5 Å². The molecule has 0 saturated carbocycles. The van der Waals surface area contributed by atoms with E-state index in [0.717, 1.165) is 11.1 Å². The molecule has 0 spiro atoms. The van der Waals surface area contributed by atoms with Crippen LogP contribution in [-0.4, -0.2) is 60.5 Å². The SMILES string of the molecule is Cc1ccccc1C(=O)N1CCN(C(=O)OCCCl)CC1. The summed E-state index contributed by atoms with van der Waals surface area (Å²) in [6, 6.07) is 7.53. The summed E-state index contributed by atoms with van der Waals surface area (Å²) in [7, 11) is 0. The van der Waals surface area contributed by atoms with E-state index in [1.807, 2.05) is 31.2 Å². The number of carbonyl (C=O) groups excluding carboxylic acids is 2. The lowest BCUT2D eigenvalue weighted by atomic mass is 10.1. The molecule has 1 saturated heterocycles. The van der Waals surface area contributed by atoms with Crippen molar-refractivity contribution in [3.63, 3.8) is 0 Å². The van der Waals surface area contributed by atoms with Crippen LogP contribution in [0, 0.1) is 6.92 Å². The summed E-state index contributed by atoms with van der Waals surface area (Å²) in [4.78, 5) is 27.5. The van der Waals surface area contributed by atoms with E-state index in [1.165, 1.54) is 0 Å². The lowest BCUT2D eigenvalue weighted by Crippen LogP contribution is -2.50. The number of hydrogen-bond donors (Lipinski definition) is 0. The van der Waals surface area contributed by atoms with Gasteiger partial charge >= 0.3 is 6.09 Å². The Kier molecular flexibility index (Phi) is 5.44. The zero-order chi connectivity index (χ0) is 15.2. The van der Waals surface area contributed by atoms with Gasteiger partial charge in [-0.3, -0.25) is 4.79 Å². The first-order chi connectivity index (χ1) is 10.1. The quantitative estimate of drug-likeness (QED) is 0.804. The minimum Gasteiger partial charge on any atom is -0.448 e. The molecule has 1 aliphatic heterocycles. The van der Waals surface area contributed by atoms with Crippen molar-refractivity contribution in [1.29, 1.82) is 0 Å². The lowest BCUT2D eigenvalue weighted by Gasteiger charge is -2.34. The number of amides is 2. The highest BCUT2D eigenvalue weighted by atomic mass is 35.5. The first-order valence-electron chi connectivity index (χ1n) is 6.96. The highest BCUT2D eigenvalue weighted by Gasteiger charge is 2.26. The van der Waals surface area contributed by atoms with Crippen LogP contribution in [-0.2, 0) is 4.74 Å². The van der Waals surface area contributed by atoms with Crippen molar-refractivity contribution >= 4 is 23.6 Å². The van der Waals surface area contributed by atoms with Crippen molar-refractivity contribution in [1.82, 2.24) is 9.80 Å². The molecule has 0 radical (unpaired) electrons. The van der Waals surface area contributed by atoms with E-state index < -0.39 is 0 Å². The molecule has 1 aliphatic rings. The van der Waals surface area contributed by atoms with Gasteiger partial charge in [-0.15, -0.1) is 11.6 Å². The van der Waals surface area contributed by atoms with Crippen LogP contribution < -0.4 is 0 Å². The van der Waals surface area contributed by atoms with E-state index in [9.17, 15) is 9.59 Å². The maximum atomic E-state index is 12.4. The molecule has 1 heterocycles. The van der Waals surface area contributed by atoms with Gasteiger partial charge < -0.3 is 14.5 Å². The van der Waals surface area contributed by atoms with Gasteiger partial charge in [-0.1, -0.05) is 18.2 Å². The van der Waals surface area contributed by atoms with Crippen LogP contribution >= 0.6 is 11.6 Å². The number of ether oxygens (including phenoxy) is 1. The smallest absolute Gasteiger partial charge is 0.409 e. The second-order valence-corrected chi connectivity index (χ2v) is 5.28. The van der Waals surface area contributed by atoms with Crippen molar-refractivity contribution in [2.45, 2.75) is 6.92 Å². The summed E-state index contributed by atoms with van der Waals surface area (Å²) in [6.07, 6.45) is -0.362. The van der Waals surface area contributed by atoms with Gasteiger partial charge in [0.2, 0.25) is 0 Å². The average Bonchev–Trinajstić information content (AvgIpc) is 2.52. The Hall–Kier alpha value is -1.75. The van der Waals surface area contributed by atoms with Crippen molar-refractivity contribution in [2.24, 2.45) is 0 Å². The zero-order valence-electron chi connectivity index (χ0n) is 12.0. The summed E-state index contributed by atoms with van der Waals surface area (Å²) in [5, 5.41) is 0. The Bertz CT molecular complexity index is 513. The van der Waals surface area contributed by atoms with Crippen molar-refractivity contribution < 1.29 is 14.3 Å². The Morgan fingerprint density at radius 2 is 1.76 bits per heavy atom. The number of piperazine rings is 1. The lowest BCUT2D eigenvalue weighted by molar-refractivity contribution is 0.0571. The largest absolute Gasteiger partial charge is 0.448 e. The number of alkyl halides is 1. The molecule has 21 heavy (non-hydrogen) atoms. The summed E-state index contributed by atoms with van der Waals surface area (Å²) in [5.41, 5.74) is 1.68. The Morgan fingerprint density at radius 3 is 2.38 bits per heavy atom. The third-order valence-electron chi connectivity index (χ3n) is 3.50. The first kappa shape index (κ1) is 15.6. The Balaban J connectivity index is 1.91. The van der Waals surface area contributed by atoms with Crippen LogP contribution in [0.15, 0.2) is 24.3 Å². The molecule has 2 amide bonds. The number of carbonyl (C=O) groups is 2. The monoisotopic (exact) mass is 310 g/mol.